The number of H-pyrrole nitrogens is 2. The summed E-state index contributed by atoms with van der Waals surface area (Å²) in [7, 11) is -4.66. The first-order valence-electron chi connectivity index (χ1n) is 21.8. The number of hydrogen-bond acceptors (Lipinski definition) is 3. The van der Waals surface area contributed by atoms with Gasteiger partial charge in [-0.15, -0.1) is 0 Å². The van der Waals surface area contributed by atoms with Crippen LogP contribution < -0.4 is 15.6 Å². The molecule has 0 aliphatic carbocycles. The minimum absolute atomic E-state index is 0.231. The van der Waals surface area contributed by atoms with Gasteiger partial charge in [0.1, 0.15) is 0 Å². The lowest BCUT2D eigenvalue weighted by Crippen LogP contribution is -2.37. The standard InChI is InChI=1S/C54H54N4O2Si3/c1-61(2,3)39-20-14-35(15-21-39)51-44-28-26-42(55-44)50(34-10-12-38(13-11-34)54(59)60)43-27-29-45(56-43)52(36-16-22-40(23-17-36)62(4,5)6)47-31-33-49(58-47)53(48-32-30-46(51)57-48)37-18-24-41(25-19-37)63(7,8)9/h10-33,55,58H,1-9H3,(H,59,60). The Kier molecular flexibility index (Phi) is 10.5. The van der Waals surface area contributed by atoms with Crippen molar-refractivity contribution in [2.75, 3.05) is 0 Å². The maximum atomic E-state index is 12.0. The molecule has 0 spiro atoms. The minimum atomic E-state index is -1.56. The number of carboxylic acid groups (broad SMARTS) is 1. The van der Waals surface area contributed by atoms with E-state index < -0.39 is 30.2 Å². The molecule has 3 aromatic heterocycles. The molecular formula is C54H54N4O2Si3. The van der Waals surface area contributed by atoms with Crippen LogP contribution in [0, 0.1) is 0 Å². The molecule has 5 heterocycles. The van der Waals surface area contributed by atoms with Gasteiger partial charge < -0.3 is 15.1 Å². The van der Waals surface area contributed by atoms with Gasteiger partial charge in [0, 0.05) is 44.3 Å². The van der Waals surface area contributed by atoms with Crippen LogP contribution in [-0.4, -0.2) is 55.2 Å². The third-order valence-corrected chi connectivity index (χ3v) is 18.5. The Morgan fingerprint density at radius 2 is 0.619 bits per heavy atom. The van der Waals surface area contributed by atoms with E-state index in [2.05, 4.69) is 190 Å². The first-order valence-corrected chi connectivity index (χ1v) is 32.3. The highest BCUT2D eigenvalue weighted by Gasteiger charge is 2.23. The highest BCUT2D eigenvalue weighted by Crippen LogP contribution is 2.38. The first kappa shape index (κ1) is 41.9. The molecule has 0 saturated heterocycles. The van der Waals surface area contributed by atoms with Gasteiger partial charge in [0.2, 0.25) is 0 Å². The predicted molar refractivity (Wildman–Crippen MR) is 277 cm³/mol. The van der Waals surface area contributed by atoms with Crippen LogP contribution in [0.15, 0.2) is 121 Å². The summed E-state index contributed by atoms with van der Waals surface area (Å²) >= 11 is 0. The summed E-state index contributed by atoms with van der Waals surface area (Å²) in [6, 6.07) is 42.9. The zero-order valence-electron chi connectivity index (χ0n) is 37.6. The first-order chi connectivity index (χ1) is 29.9. The largest absolute Gasteiger partial charge is 0.478 e. The smallest absolute Gasteiger partial charge is 0.335 e. The summed E-state index contributed by atoms with van der Waals surface area (Å²) < 4.78 is 0. The number of rotatable bonds is 8. The molecule has 7 aromatic rings. The molecule has 0 unspecified atom stereocenters. The molecule has 9 heteroatoms. The number of aromatic nitrogens is 4. The van der Waals surface area contributed by atoms with Gasteiger partial charge in [0.15, 0.2) is 0 Å². The number of benzene rings is 4. The molecule has 0 radical (unpaired) electrons. The molecule has 2 aliphatic heterocycles. The van der Waals surface area contributed by atoms with Crippen LogP contribution in [0.2, 0.25) is 58.9 Å². The van der Waals surface area contributed by atoms with Gasteiger partial charge in [0.25, 0.3) is 0 Å². The fraction of sp³-hybridized carbons (Fsp3) is 0.167. The highest BCUT2D eigenvalue weighted by atomic mass is 28.3. The lowest BCUT2D eigenvalue weighted by molar-refractivity contribution is 0.0697. The zero-order valence-corrected chi connectivity index (χ0v) is 40.6. The number of nitrogens with one attached hydrogen (secondary N) is 2. The summed E-state index contributed by atoms with van der Waals surface area (Å²) in [6.45, 7) is 21.4. The predicted octanol–water partition coefficient (Wildman–Crippen LogP) is 12.7. The average Bonchev–Trinajstić information content (AvgIpc) is 4.09. The molecule has 314 valence electrons. The molecule has 8 bridgehead atoms. The van der Waals surface area contributed by atoms with E-state index in [-0.39, 0.29) is 5.56 Å². The van der Waals surface area contributed by atoms with Gasteiger partial charge in [0.05, 0.1) is 52.6 Å². The fourth-order valence-corrected chi connectivity index (χ4v) is 12.1. The topological polar surface area (TPSA) is 94.7 Å². The Labute approximate surface area is 373 Å². The van der Waals surface area contributed by atoms with Crippen LogP contribution in [0.25, 0.3) is 90.9 Å². The molecule has 9 rings (SSSR count). The van der Waals surface area contributed by atoms with Crippen molar-refractivity contribution in [1.29, 1.82) is 0 Å². The molecule has 2 aliphatic rings. The second kappa shape index (κ2) is 15.7. The van der Waals surface area contributed by atoms with Crippen molar-refractivity contribution in [2.45, 2.75) is 58.9 Å². The van der Waals surface area contributed by atoms with Crippen molar-refractivity contribution in [3.8, 4) is 44.5 Å². The zero-order chi connectivity index (χ0) is 44.4. The molecule has 0 amide bonds. The lowest BCUT2D eigenvalue weighted by Gasteiger charge is -2.17. The Hall–Kier alpha value is -6.40. The normalized spacial score (nSPS) is 12.8. The molecule has 63 heavy (non-hydrogen) atoms. The summed E-state index contributed by atoms with van der Waals surface area (Å²) in [5, 5.41) is 14.0. The number of nitrogens with zero attached hydrogens (tertiary/aromatic N) is 2. The summed E-state index contributed by atoms with van der Waals surface area (Å²) in [5.41, 5.74) is 15.3. The van der Waals surface area contributed by atoms with Crippen molar-refractivity contribution in [1.82, 2.24) is 19.9 Å². The van der Waals surface area contributed by atoms with Crippen LogP contribution in [0.5, 0.6) is 0 Å². The molecule has 0 atom stereocenters. The minimum Gasteiger partial charge on any atom is -0.478 e. The number of aromatic carboxylic acids is 1. The highest BCUT2D eigenvalue weighted by molar-refractivity contribution is 6.89. The van der Waals surface area contributed by atoms with Crippen LogP contribution >= 0.6 is 0 Å². The van der Waals surface area contributed by atoms with Crippen LogP contribution in [0.3, 0.4) is 0 Å². The van der Waals surface area contributed by atoms with Crippen molar-refractivity contribution >= 4 is 92.1 Å². The van der Waals surface area contributed by atoms with E-state index in [0.29, 0.717) is 0 Å². The summed E-state index contributed by atoms with van der Waals surface area (Å²) in [4.78, 5) is 30.6. The van der Waals surface area contributed by atoms with Crippen LogP contribution in [0.1, 0.15) is 33.1 Å². The molecule has 0 saturated carbocycles. The number of carboxylic acids is 1. The fourth-order valence-electron chi connectivity index (χ4n) is 8.61. The Balaban J connectivity index is 1.42. The van der Waals surface area contributed by atoms with Gasteiger partial charge >= 0.3 is 5.97 Å². The van der Waals surface area contributed by atoms with Crippen molar-refractivity contribution < 1.29 is 9.90 Å². The van der Waals surface area contributed by atoms with Gasteiger partial charge in [-0.05, 0) is 83.0 Å². The van der Waals surface area contributed by atoms with Gasteiger partial charge in [-0.25, -0.2) is 14.8 Å². The summed E-state index contributed by atoms with van der Waals surface area (Å²) in [6.07, 6.45) is 8.49. The average molecular weight is 875 g/mol. The molecule has 3 N–H and O–H groups in total. The van der Waals surface area contributed by atoms with Crippen LogP contribution in [0.4, 0.5) is 0 Å². The molecule has 4 aromatic carbocycles. The van der Waals surface area contributed by atoms with E-state index in [1.807, 2.05) is 12.1 Å². The van der Waals surface area contributed by atoms with E-state index in [4.69, 9.17) is 9.97 Å². The second-order valence-electron chi connectivity index (χ2n) is 19.9. The quantitative estimate of drug-likeness (QED) is 0.133. The van der Waals surface area contributed by atoms with Gasteiger partial charge in [-0.2, -0.15) is 0 Å². The van der Waals surface area contributed by atoms with E-state index in [1.54, 1.807) is 12.1 Å². The van der Waals surface area contributed by atoms with Crippen LogP contribution in [-0.2, 0) is 0 Å². The van der Waals surface area contributed by atoms with Crippen molar-refractivity contribution in [3.63, 3.8) is 0 Å². The maximum absolute atomic E-state index is 12.0. The molecule has 6 nitrogen and oxygen atoms in total. The SMILES string of the molecule is C[Si](C)(C)c1ccc(-c2c3nc(c(-c4ccc([Si](C)(C)C)cc4)c4ccc([nH]4)c(-c4ccc([Si](C)(C)C)cc4)c4nc(c(-c5ccc(C(=O)O)cc5)c5ccc2[nH]5)C=C4)C=C3)cc1. The number of hydrogen-bond donors (Lipinski definition) is 3. The van der Waals surface area contributed by atoms with E-state index in [1.165, 1.54) is 15.6 Å². The monoisotopic (exact) mass is 874 g/mol. The second-order valence-corrected chi connectivity index (χ2v) is 35.1. The number of carbonyl (C=O) groups is 1. The van der Waals surface area contributed by atoms with E-state index in [0.717, 1.165) is 89.4 Å². The van der Waals surface area contributed by atoms with E-state index in [9.17, 15) is 9.90 Å². The van der Waals surface area contributed by atoms with Gasteiger partial charge in [-0.1, -0.05) is 159 Å². The Morgan fingerprint density at radius 3 is 0.841 bits per heavy atom. The van der Waals surface area contributed by atoms with Crippen molar-refractivity contribution in [2.24, 2.45) is 0 Å². The third kappa shape index (κ3) is 8.20. The Bertz CT molecular complexity index is 3100. The Morgan fingerprint density at radius 1 is 0.381 bits per heavy atom. The maximum Gasteiger partial charge on any atom is 0.335 e. The van der Waals surface area contributed by atoms with Crippen molar-refractivity contribution in [3.05, 3.63) is 150 Å². The number of fused-ring (bicyclic) bond motifs is 8. The summed E-state index contributed by atoms with van der Waals surface area (Å²) in [5.74, 6) is -0.963. The number of aromatic amines is 2. The molecular weight excluding hydrogens is 821 g/mol. The lowest BCUT2D eigenvalue weighted by atomic mass is 10.0. The third-order valence-electron chi connectivity index (χ3n) is 12.3. The van der Waals surface area contributed by atoms with Gasteiger partial charge in [-0.3, -0.25) is 0 Å². The molecule has 0 fully saturated rings. The van der Waals surface area contributed by atoms with E-state index >= 15 is 0 Å².